The van der Waals surface area contributed by atoms with Crippen LogP contribution in [0.25, 0.3) is 0 Å². The third-order valence-corrected chi connectivity index (χ3v) is 3.36. The van der Waals surface area contributed by atoms with E-state index in [4.69, 9.17) is 0 Å². The summed E-state index contributed by atoms with van der Waals surface area (Å²) < 4.78 is 0. The van der Waals surface area contributed by atoms with Crippen molar-refractivity contribution in [2.45, 2.75) is 19.4 Å². The third kappa shape index (κ3) is 4.61. The van der Waals surface area contributed by atoms with Gasteiger partial charge in [0.25, 0.3) is 0 Å². The highest BCUT2D eigenvalue weighted by molar-refractivity contribution is 5.78. The molecule has 5 nitrogen and oxygen atoms in total. The number of hydrogen-bond acceptors (Lipinski definition) is 4. The first kappa shape index (κ1) is 14.0. The molecule has 0 bridgehead atoms. The maximum absolute atomic E-state index is 12.0. The highest BCUT2D eigenvalue weighted by atomic mass is 16.2. The van der Waals surface area contributed by atoms with Crippen molar-refractivity contribution < 1.29 is 4.79 Å². The van der Waals surface area contributed by atoms with Crippen molar-refractivity contribution in [3.8, 4) is 0 Å². The van der Waals surface area contributed by atoms with Crippen molar-refractivity contribution >= 4 is 5.91 Å². The van der Waals surface area contributed by atoms with Gasteiger partial charge in [-0.25, -0.2) is 0 Å². The summed E-state index contributed by atoms with van der Waals surface area (Å²) >= 11 is 0. The topological polar surface area (TPSA) is 57.3 Å². The largest absolute Gasteiger partial charge is 0.348 e. The predicted octanol–water partition coefficient (Wildman–Crippen LogP) is 0.554. The molecule has 0 unspecified atom stereocenters. The number of carbonyl (C=O) groups is 1. The minimum atomic E-state index is 0.00584. The standard InChI is InChI=1S/C14H22N4O/c1-12(13-4-2-5-16-10-13)17-14(19)11-18-8-3-6-15-7-9-18/h2,4-5,10,12,15H,3,6-9,11H2,1H3,(H,17,19)/t12-/m1/s1. The number of amides is 1. The summed E-state index contributed by atoms with van der Waals surface area (Å²) in [5, 5.41) is 6.36. The van der Waals surface area contributed by atoms with E-state index in [0.717, 1.165) is 38.2 Å². The quantitative estimate of drug-likeness (QED) is 0.832. The van der Waals surface area contributed by atoms with E-state index in [9.17, 15) is 4.79 Å². The Balaban J connectivity index is 1.80. The molecule has 1 aromatic rings. The zero-order valence-corrected chi connectivity index (χ0v) is 11.4. The Labute approximate surface area is 114 Å². The van der Waals surface area contributed by atoms with Gasteiger partial charge in [-0.05, 0) is 38.1 Å². The first-order valence-electron chi connectivity index (χ1n) is 6.88. The number of nitrogens with zero attached hydrogens (tertiary/aromatic N) is 2. The molecule has 1 aliphatic rings. The van der Waals surface area contributed by atoms with Crippen LogP contribution < -0.4 is 10.6 Å². The lowest BCUT2D eigenvalue weighted by Crippen LogP contribution is -2.39. The molecule has 2 N–H and O–H groups in total. The average molecular weight is 262 g/mol. The minimum Gasteiger partial charge on any atom is -0.348 e. The average Bonchev–Trinajstić information content (AvgIpc) is 2.68. The van der Waals surface area contributed by atoms with Crippen molar-refractivity contribution in [1.82, 2.24) is 20.5 Å². The molecular formula is C14H22N4O. The monoisotopic (exact) mass is 262 g/mol. The zero-order valence-electron chi connectivity index (χ0n) is 11.4. The van der Waals surface area contributed by atoms with E-state index in [0.29, 0.717) is 6.54 Å². The molecule has 0 saturated carbocycles. The van der Waals surface area contributed by atoms with Gasteiger partial charge in [0.2, 0.25) is 5.91 Å². The van der Waals surface area contributed by atoms with E-state index in [1.807, 2.05) is 19.1 Å². The van der Waals surface area contributed by atoms with E-state index in [2.05, 4.69) is 20.5 Å². The smallest absolute Gasteiger partial charge is 0.234 e. The predicted molar refractivity (Wildman–Crippen MR) is 74.7 cm³/mol. The van der Waals surface area contributed by atoms with Crippen LogP contribution in [0.15, 0.2) is 24.5 Å². The molecule has 1 aromatic heterocycles. The fourth-order valence-electron chi connectivity index (χ4n) is 2.27. The van der Waals surface area contributed by atoms with Gasteiger partial charge in [-0.1, -0.05) is 6.07 Å². The van der Waals surface area contributed by atoms with Gasteiger partial charge < -0.3 is 10.6 Å². The third-order valence-electron chi connectivity index (χ3n) is 3.36. The summed E-state index contributed by atoms with van der Waals surface area (Å²) in [5.41, 5.74) is 1.04. The first-order chi connectivity index (χ1) is 9.25. The molecule has 1 aliphatic heterocycles. The molecule has 2 heterocycles. The molecule has 2 rings (SSSR count). The van der Waals surface area contributed by atoms with E-state index < -0.39 is 0 Å². The Bertz CT molecular complexity index is 388. The normalized spacial score (nSPS) is 18.6. The SMILES string of the molecule is C[C@@H](NC(=O)CN1CCCNCC1)c1cccnc1. The lowest BCUT2D eigenvalue weighted by molar-refractivity contribution is -0.122. The van der Waals surface area contributed by atoms with Gasteiger partial charge in [-0.3, -0.25) is 14.7 Å². The van der Waals surface area contributed by atoms with Crippen LogP contribution in [-0.4, -0.2) is 48.5 Å². The lowest BCUT2D eigenvalue weighted by atomic mass is 10.1. The zero-order chi connectivity index (χ0) is 13.5. The molecule has 0 aliphatic carbocycles. The molecule has 0 aromatic carbocycles. The van der Waals surface area contributed by atoms with E-state index in [-0.39, 0.29) is 11.9 Å². The van der Waals surface area contributed by atoms with Crippen LogP contribution in [0.1, 0.15) is 24.9 Å². The maximum Gasteiger partial charge on any atom is 0.234 e. The number of pyridine rings is 1. The molecule has 104 valence electrons. The van der Waals surface area contributed by atoms with Crippen LogP contribution in [0.3, 0.4) is 0 Å². The van der Waals surface area contributed by atoms with Gasteiger partial charge in [-0.2, -0.15) is 0 Å². The highest BCUT2D eigenvalue weighted by Crippen LogP contribution is 2.09. The van der Waals surface area contributed by atoms with Gasteiger partial charge in [0, 0.05) is 25.5 Å². The second-order valence-electron chi connectivity index (χ2n) is 4.96. The number of nitrogens with one attached hydrogen (secondary N) is 2. The number of carbonyl (C=O) groups excluding carboxylic acids is 1. The minimum absolute atomic E-state index is 0.00584. The maximum atomic E-state index is 12.0. The summed E-state index contributed by atoms with van der Waals surface area (Å²) in [6, 6.07) is 3.87. The van der Waals surface area contributed by atoms with Crippen molar-refractivity contribution in [1.29, 1.82) is 0 Å². The Hall–Kier alpha value is -1.46. The molecule has 19 heavy (non-hydrogen) atoms. The van der Waals surface area contributed by atoms with E-state index in [1.54, 1.807) is 12.4 Å². The summed E-state index contributed by atoms with van der Waals surface area (Å²) in [6.45, 7) is 6.40. The van der Waals surface area contributed by atoms with Gasteiger partial charge in [0.15, 0.2) is 0 Å². The summed E-state index contributed by atoms with van der Waals surface area (Å²) in [7, 11) is 0. The van der Waals surface area contributed by atoms with Crippen molar-refractivity contribution in [3.05, 3.63) is 30.1 Å². The lowest BCUT2D eigenvalue weighted by Gasteiger charge is -2.20. The first-order valence-corrected chi connectivity index (χ1v) is 6.88. The number of aromatic nitrogens is 1. The van der Waals surface area contributed by atoms with Crippen LogP contribution in [0.5, 0.6) is 0 Å². The number of rotatable bonds is 4. The molecule has 1 fully saturated rings. The molecule has 0 spiro atoms. The van der Waals surface area contributed by atoms with Crippen LogP contribution in [0, 0.1) is 0 Å². The Morgan fingerprint density at radius 1 is 1.53 bits per heavy atom. The van der Waals surface area contributed by atoms with Gasteiger partial charge in [0.1, 0.15) is 0 Å². The summed E-state index contributed by atoms with van der Waals surface area (Å²) in [4.78, 5) is 18.3. The van der Waals surface area contributed by atoms with Gasteiger partial charge >= 0.3 is 0 Å². The van der Waals surface area contributed by atoms with Crippen LogP contribution >= 0.6 is 0 Å². The molecule has 0 radical (unpaired) electrons. The fraction of sp³-hybridized carbons (Fsp3) is 0.571. The highest BCUT2D eigenvalue weighted by Gasteiger charge is 2.14. The van der Waals surface area contributed by atoms with Crippen LogP contribution in [0.4, 0.5) is 0 Å². The Morgan fingerprint density at radius 2 is 2.42 bits per heavy atom. The van der Waals surface area contributed by atoms with E-state index >= 15 is 0 Å². The Kier molecular flexibility index (Phi) is 5.30. The molecule has 5 heteroatoms. The summed E-state index contributed by atoms with van der Waals surface area (Å²) in [5.74, 6) is 0.0817. The summed E-state index contributed by atoms with van der Waals surface area (Å²) in [6.07, 6.45) is 4.63. The van der Waals surface area contributed by atoms with Crippen LogP contribution in [-0.2, 0) is 4.79 Å². The molecule has 1 saturated heterocycles. The van der Waals surface area contributed by atoms with Crippen LogP contribution in [0.2, 0.25) is 0 Å². The molecule has 1 atom stereocenters. The fourth-order valence-corrected chi connectivity index (χ4v) is 2.27. The van der Waals surface area contributed by atoms with Gasteiger partial charge in [0.05, 0.1) is 12.6 Å². The Morgan fingerprint density at radius 3 is 3.21 bits per heavy atom. The van der Waals surface area contributed by atoms with E-state index in [1.165, 1.54) is 0 Å². The second-order valence-corrected chi connectivity index (χ2v) is 4.96. The van der Waals surface area contributed by atoms with Gasteiger partial charge in [-0.15, -0.1) is 0 Å². The van der Waals surface area contributed by atoms with Crippen molar-refractivity contribution in [2.24, 2.45) is 0 Å². The molecule has 1 amide bonds. The molecular weight excluding hydrogens is 240 g/mol. The second kappa shape index (κ2) is 7.21. The number of hydrogen-bond donors (Lipinski definition) is 2. The van der Waals surface area contributed by atoms with Crippen molar-refractivity contribution in [2.75, 3.05) is 32.7 Å². The van der Waals surface area contributed by atoms with Crippen molar-refractivity contribution in [3.63, 3.8) is 0 Å².